The number of ether oxygens (including phenoxy) is 2. The van der Waals surface area contributed by atoms with E-state index in [-0.39, 0.29) is 6.61 Å². The number of nitrogens with zero attached hydrogens (tertiary/aromatic N) is 1. The number of allylic oxidation sites excluding steroid dienone is 1. The zero-order valence-electron chi connectivity index (χ0n) is 13.4. The van der Waals surface area contributed by atoms with Crippen LogP contribution in [0, 0.1) is 11.3 Å². The zero-order valence-corrected chi connectivity index (χ0v) is 13.4. The average Bonchev–Trinajstić information content (AvgIpc) is 2.47. The number of carbonyl (C=O) groups excluding carboxylic acids is 2. The number of methoxy groups -OCH3 is 1. The van der Waals surface area contributed by atoms with E-state index in [2.05, 4.69) is 14.5 Å². The number of halogens is 5. The van der Waals surface area contributed by atoms with Gasteiger partial charge >= 0.3 is 12.1 Å². The monoisotopic (exact) mass is 372 g/mol. The van der Waals surface area contributed by atoms with Gasteiger partial charge < -0.3 is 19.4 Å². The molecule has 1 aliphatic heterocycles. The number of esters is 1. The van der Waals surface area contributed by atoms with Crippen molar-refractivity contribution in [1.82, 2.24) is 0 Å². The number of aliphatic carboxylic acids is 1. The number of carboxylic acids is 1. The molecule has 0 aromatic rings. The van der Waals surface area contributed by atoms with Gasteiger partial charge in [0.05, 0.1) is 30.2 Å². The highest BCUT2D eigenvalue weighted by atomic mass is 19.4. The van der Waals surface area contributed by atoms with Crippen LogP contribution < -0.4 is 5.11 Å². The van der Waals surface area contributed by atoms with Crippen molar-refractivity contribution in [3.05, 3.63) is 11.3 Å². The van der Waals surface area contributed by atoms with E-state index in [9.17, 15) is 36.6 Å². The SMILES string of the molecule is CCOC(=O)C1=C(C(F)F)N=C(C(F)(F)F)C(C)(C(=O)[O-])C1COC. The Morgan fingerprint density at radius 3 is 2.28 bits per heavy atom. The molecular weight excluding hydrogens is 357 g/mol. The van der Waals surface area contributed by atoms with Gasteiger partial charge in [0.1, 0.15) is 11.4 Å². The largest absolute Gasteiger partial charge is 0.549 e. The van der Waals surface area contributed by atoms with Crippen LogP contribution in [0.4, 0.5) is 22.0 Å². The van der Waals surface area contributed by atoms with E-state index in [0.717, 1.165) is 7.11 Å². The summed E-state index contributed by atoms with van der Waals surface area (Å²) in [7, 11) is 1.01. The van der Waals surface area contributed by atoms with E-state index in [0.29, 0.717) is 6.92 Å². The first kappa shape index (κ1) is 21.0. The summed E-state index contributed by atoms with van der Waals surface area (Å²) in [6, 6.07) is 0. The molecule has 0 aliphatic carbocycles. The van der Waals surface area contributed by atoms with Crippen LogP contribution in [-0.4, -0.2) is 50.6 Å². The van der Waals surface area contributed by atoms with Gasteiger partial charge in [0.15, 0.2) is 0 Å². The highest BCUT2D eigenvalue weighted by Crippen LogP contribution is 2.46. The summed E-state index contributed by atoms with van der Waals surface area (Å²) in [6.07, 6.45) is -8.91. The lowest BCUT2D eigenvalue weighted by atomic mass is 9.67. The first-order chi connectivity index (χ1) is 11.4. The van der Waals surface area contributed by atoms with Crippen molar-refractivity contribution >= 4 is 17.7 Å². The molecule has 0 saturated heterocycles. The molecule has 6 nitrogen and oxygen atoms in total. The number of carboxylic acid groups (broad SMARTS) is 1. The second-order valence-electron chi connectivity index (χ2n) is 5.28. The van der Waals surface area contributed by atoms with E-state index in [1.807, 2.05) is 0 Å². The Hall–Kier alpha value is -2.04. The molecule has 0 amide bonds. The number of aliphatic imine (C=N–C) groups is 1. The molecule has 11 heteroatoms. The second kappa shape index (κ2) is 7.46. The molecule has 1 aliphatic rings. The fourth-order valence-corrected chi connectivity index (χ4v) is 2.56. The minimum atomic E-state index is -5.35. The van der Waals surface area contributed by atoms with Crippen LogP contribution in [0.5, 0.6) is 0 Å². The number of rotatable bonds is 6. The van der Waals surface area contributed by atoms with Gasteiger partial charge in [-0.25, -0.2) is 18.6 Å². The van der Waals surface area contributed by atoms with Crippen molar-refractivity contribution in [2.45, 2.75) is 26.4 Å². The van der Waals surface area contributed by atoms with Gasteiger partial charge in [-0.05, 0) is 13.8 Å². The molecule has 142 valence electrons. The molecule has 0 saturated carbocycles. The van der Waals surface area contributed by atoms with E-state index >= 15 is 0 Å². The molecule has 0 aromatic carbocycles. The van der Waals surface area contributed by atoms with Gasteiger partial charge in [-0.15, -0.1) is 0 Å². The van der Waals surface area contributed by atoms with Crippen molar-refractivity contribution in [2.24, 2.45) is 16.3 Å². The Morgan fingerprint density at radius 2 is 1.92 bits per heavy atom. The summed E-state index contributed by atoms with van der Waals surface area (Å²) < 4.78 is 75.6. The highest BCUT2D eigenvalue weighted by Gasteiger charge is 2.57. The fraction of sp³-hybridized carbons (Fsp3) is 0.643. The Bertz CT molecular complexity index is 613. The third-order valence-corrected chi connectivity index (χ3v) is 3.77. The van der Waals surface area contributed by atoms with E-state index in [1.54, 1.807) is 0 Å². The van der Waals surface area contributed by atoms with Crippen LogP contribution >= 0.6 is 0 Å². The maximum atomic E-state index is 13.3. The van der Waals surface area contributed by atoms with Gasteiger partial charge in [0.2, 0.25) is 0 Å². The van der Waals surface area contributed by atoms with Crippen LogP contribution in [0.15, 0.2) is 16.3 Å². The molecule has 0 spiro atoms. The fourth-order valence-electron chi connectivity index (χ4n) is 2.56. The van der Waals surface area contributed by atoms with Crippen molar-refractivity contribution in [3.8, 4) is 0 Å². The van der Waals surface area contributed by atoms with Crippen molar-refractivity contribution in [1.29, 1.82) is 0 Å². The molecule has 0 radical (unpaired) electrons. The molecule has 0 N–H and O–H groups in total. The minimum absolute atomic E-state index is 0.267. The van der Waals surface area contributed by atoms with Gasteiger partial charge in [0.25, 0.3) is 6.43 Å². The lowest BCUT2D eigenvalue weighted by Crippen LogP contribution is -2.58. The Balaban J connectivity index is 3.83. The van der Waals surface area contributed by atoms with Gasteiger partial charge in [0, 0.05) is 13.0 Å². The standard InChI is InChI=1S/C14H16F5NO5/c1-4-25-10(21)7-6(5-24-3)13(2,12(22)23)11(14(17,18)19)20-8(7)9(15)16/h6,9H,4-5H2,1-3H3,(H,22,23)/p-1. The first-order valence-corrected chi connectivity index (χ1v) is 6.98. The Labute approximate surface area is 139 Å². The van der Waals surface area contributed by atoms with E-state index in [4.69, 9.17) is 0 Å². The maximum Gasteiger partial charge on any atom is 0.430 e. The molecule has 2 atom stereocenters. The summed E-state index contributed by atoms with van der Waals surface area (Å²) in [6.45, 7) is 0.900. The van der Waals surface area contributed by atoms with Gasteiger partial charge in [-0.3, -0.25) is 0 Å². The maximum absolute atomic E-state index is 13.3. The van der Waals surface area contributed by atoms with Crippen LogP contribution in [0.3, 0.4) is 0 Å². The lowest BCUT2D eigenvalue weighted by molar-refractivity contribution is -0.317. The molecule has 1 rings (SSSR count). The summed E-state index contributed by atoms with van der Waals surface area (Å²) >= 11 is 0. The number of alkyl halides is 5. The van der Waals surface area contributed by atoms with Crippen LogP contribution in [0.1, 0.15) is 13.8 Å². The quantitative estimate of drug-likeness (QED) is 0.515. The van der Waals surface area contributed by atoms with Gasteiger partial charge in [-0.1, -0.05) is 0 Å². The van der Waals surface area contributed by atoms with Gasteiger partial charge in [-0.2, -0.15) is 13.2 Å². The average molecular weight is 372 g/mol. The molecule has 0 fully saturated rings. The normalized spacial score (nSPS) is 24.4. The third kappa shape index (κ3) is 3.80. The number of carbonyl (C=O) groups is 2. The van der Waals surface area contributed by atoms with Crippen molar-refractivity contribution in [3.63, 3.8) is 0 Å². The Morgan fingerprint density at radius 1 is 1.36 bits per heavy atom. The summed E-state index contributed by atoms with van der Waals surface area (Å²) in [5.41, 5.74) is -7.38. The smallest absolute Gasteiger partial charge is 0.430 e. The molecule has 0 bridgehead atoms. The van der Waals surface area contributed by atoms with E-state index < -0.39 is 59.5 Å². The zero-order chi connectivity index (χ0) is 19.6. The number of hydrogen-bond acceptors (Lipinski definition) is 6. The molecule has 1 heterocycles. The number of hydrogen-bond donors (Lipinski definition) is 0. The predicted molar refractivity (Wildman–Crippen MR) is 71.6 cm³/mol. The summed E-state index contributed by atoms with van der Waals surface area (Å²) in [5, 5.41) is 11.5. The topological polar surface area (TPSA) is 88.0 Å². The first-order valence-electron chi connectivity index (χ1n) is 6.98. The second-order valence-corrected chi connectivity index (χ2v) is 5.28. The van der Waals surface area contributed by atoms with Crippen LogP contribution in [0.2, 0.25) is 0 Å². The third-order valence-electron chi connectivity index (χ3n) is 3.77. The molecule has 25 heavy (non-hydrogen) atoms. The van der Waals surface area contributed by atoms with Crippen LogP contribution in [0.25, 0.3) is 0 Å². The van der Waals surface area contributed by atoms with E-state index in [1.165, 1.54) is 6.92 Å². The molecular formula is C14H15F5NO5-. The molecule has 0 aromatic heterocycles. The van der Waals surface area contributed by atoms with Crippen molar-refractivity contribution in [2.75, 3.05) is 20.3 Å². The minimum Gasteiger partial charge on any atom is -0.549 e. The summed E-state index contributed by atoms with van der Waals surface area (Å²) in [4.78, 5) is 26.3. The summed E-state index contributed by atoms with van der Waals surface area (Å²) in [5.74, 6) is -5.56. The highest BCUT2D eigenvalue weighted by molar-refractivity contribution is 6.11. The van der Waals surface area contributed by atoms with Crippen molar-refractivity contribution < 1.29 is 46.1 Å². The predicted octanol–water partition coefficient (Wildman–Crippen LogP) is 1.10. The molecule has 2 unspecified atom stereocenters. The van der Waals surface area contributed by atoms with Crippen LogP contribution in [-0.2, 0) is 19.1 Å². The Kier molecular flexibility index (Phi) is 6.27. The lowest BCUT2D eigenvalue weighted by Gasteiger charge is -2.43.